The van der Waals surface area contributed by atoms with Crippen LogP contribution in [0, 0.1) is 0 Å². The minimum atomic E-state index is 0.535. The highest BCUT2D eigenvalue weighted by Crippen LogP contribution is 2.07. The van der Waals surface area contributed by atoms with Crippen LogP contribution in [0.5, 0.6) is 0 Å². The molecule has 0 fully saturated rings. The number of hydrogen-bond acceptors (Lipinski definition) is 3. The van der Waals surface area contributed by atoms with E-state index in [0.29, 0.717) is 6.04 Å². The molecule has 0 aliphatic heterocycles. The number of aromatic nitrogens is 1. The first-order valence-electron chi connectivity index (χ1n) is 6.08. The van der Waals surface area contributed by atoms with Crippen LogP contribution in [0.2, 0.25) is 0 Å². The summed E-state index contributed by atoms with van der Waals surface area (Å²) in [5.41, 5.74) is 1.02. The van der Waals surface area contributed by atoms with Gasteiger partial charge in [-0.15, -0.1) is 6.58 Å². The summed E-state index contributed by atoms with van der Waals surface area (Å²) in [6, 6.07) is 2.56. The van der Waals surface area contributed by atoms with E-state index in [0.717, 1.165) is 43.7 Å². The van der Waals surface area contributed by atoms with Gasteiger partial charge in [0.2, 0.25) is 0 Å². The van der Waals surface area contributed by atoms with Gasteiger partial charge in [-0.3, -0.25) is 0 Å². The molecule has 0 radical (unpaired) electrons. The predicted molar refractivity (Wildman–Crippen MR) is 66.2 cm³/mol. The van der Waals surface area contributed by atoms with E-state index >= 15 is 0 Å². The first kappa shape index (κ1) is 13.0. The Labute approximate surface area is 97.9 Å². The molecule has 0 aromatic carbocycles. The van der Waals surface area contributed by atoms with E-state index in [1.54, 1.807) is 0 Å². The Hall–Kier alpha value is -1.09. The Balaban J connectivity index is 2.33. The van der Waals surface area contributed by atoms with E-state index in [9.17, 15) is 0 Å². The Morgan fingerprint density at radius 2 is 2.38 bits per heavy atom. The lowest BCUT2D eigenvalue weighted by molar-refractivity contribution is 0.353. The lowest BCUT2D eigenvalue weighted by Crippen LogP contribution is -2.27. The van der Waals surface area contributed by atoms with Gasteiger partial charge >= 0.3 is 0 Å². The zero-order valence-electron chi connectivity index (χ0n) is 10.3. The largest absolute Gasteiger partial charge is 0.360 e. The van der Waals surface area contributed by atoms with Crippen molar-refractivity contribution in [3.8, 4) is 0 Å². The summed E-state index contributed by atoms with van der Waals surface area (Å²) in [6.07, 6.45) is 6.21. The van der Waals surface area contributed by atoms with Crippen LogP contribution in [0.3, 0.4) is 0 Å². The van der Waals surface area contributed by atoms with Crippen LogP contribution >= 0.6 is 0 Å². The van der Waals surface area contributed by atoms with Crippen LogP contribution in [0.25, 0.3) is 0 Å². The van der Waals surface area contributed by atoms with Crippen LogP contribution in [0.1, 0.15) is 44.6 Å². The van der Waals surface area contributed by atoms with Gasteiger partial charge in [0.1, 0.15) is 0 Å². The first-order chi connectivity index (χ1) is 7.80. The van der Waals surface area contributed by atoms with Crippen molar-refractivity contribution >= 4 is 0 Å². The molecular formula is C13H22N2O. The minimum Gasteiger partial charge on any atom is -0.360 e. The number of hydrogen-bond donors (Lipinski definition) is 1. The molecule has 90 valence electrons. The SMILES string of the molecule is C=CCCC(CC)NCc1cc(CC)no1. The van der Waals surface area contributed by atoms with E-state index in [-0.39, 0.29) is 0 Å². The summed E-state index contributed by atoms with van der Waals surface area (Å²) in [5.74, 6) is 0.925. The zero-order valence-corrected chi connectivity index (χ0v) is 10.3. The van der Waals surface area contributed by atoms with Gasteiger partial charge in [0, 0.05) is 12.1 Å². The van der Waals surface area contributed by atoms with Gasteiger partial charge in [0.15, 0.2) is 5.76 Å². The predicted octanol–water partition coefficient (Wildman–Crippen LogP) is 3.07. The third-order valence-corrected chi connectivity index (χ3v) is 2.75. The van der Waals surface area contributed by atoms with E-state index < -0.39 is 0 Å². The van der Waals surface area contributed by atoms with E-state index in [2.05, 4.69) is 30.9 Å². The lowest BCUT2D eigenvalue weighted by Gasteiger charge is -2.14. The molecule has 1 heterocycles. The van der Waals surface area contributed by atoms with Gasteiger partial charge in [-0.25, -0.2) is 0 Å². The summed E-state index contributed by atoms with van der Waals surface area (Å²) in [4.78, 5) is 0. The van der Waals surface area contributed by atoms with Crippen LogP contribution in [-0.4, -0.2) is 11.2 Å². The summed E-state index contributed by atoms with van der Waals surface area (Å²) in [5, 5.41) is 7.45. The summed E-state index contributed by atoms with van der Waals surface area (Å²) >= 11 is 0. The van der Waals surface area contributed by atoms with Gasteiger partial charge in [-0.05, 0) is 25.7 Å². The second-order valence-corrected chi connectivity index (χ2v) is 3.99. The molecule has 0 saturated carbocycles. The average molecular weight is 222 g/mol. The average Bonchev–Trinajstić information content (AvgIpc) is 2.77. The Bertz CT molecular complexity index is 307. The summed E-state index contributed by atoms with van der Waals surface area (Å²) < 4.78 is 5.22. The molecule has 0 spiro atoms. The topological polar surface area (TPSA) is 38.1 Å². The molecule has 0 saturated heterocycles. The Kier molecular flexibility index (Phi) is 5.86. The Morgan fingerprint density at radius 1 is 1.56 bits per heavy atom. The molecule has 1 rings (SSSR count). The third-order valence-electron chi connectivity index (χ3n) is 2.75. The van der Waals surface area contributed by atoms with Crippen LogP contribution in [-0.2, 0) is 13.0 Å². The molecule has 0 amide bonds. The number of nitrogens with zero attached hydrogens (tertiary/aromatic N) is 1. The number of aryl methyl sites for hydroxylation is 1. The van der Waals surface area contributed by atoms with Crippen molar-refractivity contribution < 1.29 is 4.52 Å². The van der Waals surface area contributed by atoms with Gasteiger partial charge in [0.25, 0.3) is 0 Å². The van der Waals surface area contributed by atoms with Gasteiger partial charge < -0.3 is 9.84 Å². The molecular weight excluding hydrogens is 200 g/mol. The molecule has 3 nitrogen and oxygen atoms in total. The fraction of sp³-hybridized carbons (Fsp3) is 0.615. The highest BCUT2D eigenvalue weighted by molar-refractivity contribution is 5.04. The van der Waals surface area contributed by atoms with Crippen LogP contribution in [0.15, 0.2) is 23.2 Å². The van der Waals surface area contributed by atoms with Crippen molar-refractivity contribution in [2.24, 2.45) is 0 Å². The summed E-state index contributed by atoms with van der Waals surface area (Å²) in [6.45, 7) is 8.78. The maximum absolute atomic E-state index is 5.22. The van der Waals surface area contributed by atoms with Crippen molar-refractivity contribution in [3.05, 3.63) is 30.2 Å². The van der Waals surface area contributed by atoms with Gasteiger partial charge in [0.05, 0.1) is 12.2 Å². The highest BCUT2D eigenvalue weighted by Gasteiger charge is 2.07. The van der Waals surface area contributed by atoms with Crippen molar-refractivity contribution in [2.75, 3.05) is 0 Å². The third kappa shape index (κ3) is 4.19. The standard InChI is InChI=1S/C13H22N2O/c1-4-7-8-11(5-2)14-10-13-9-12(6-3)15-16-13/h4,9,11,14H,1,5-8,10H2,2-3H3. The molecule has 1 atom stereocenters. The number of rotatable bonds is 8. The maximum atomic E-state index is 5.22. The second-order valence-electron chi connectivity index (χ2n) is 3.99. The highest BCUT2D eigenvalue weighted by atomic mass is 16.5. The molecule has 3 heteroatoms. The molecule has 0 aliphatic rings. The molecule has 0 aliphatic carbocycles. The first-order valence-corrected chi connectivity index (χ1v) is 6.08. The van der Waals surface area contributed by atoms with E-state index in [1.807, 2.05) is 12.1 Å². The van der Waals surface area contributed by atoms with E-state index in [4.69, 9.17) is 4.52 Å². The van der Waals surface area contributed by atoms with Crippen molar-refractivity contribution in [3.63, 3.8) is 0 Å². The summed E-state index contributed by atoms with van der Waals surface area (Å²) in [7, 11) is 0. The number of nitrogens with one attached hydrogen (secondary N) is 1. The lowest BCUT2D eigenvalue weighted by atomic mass is 10.1. The minimum absolute atomic E-state index is 0.535. The molecule has 1 N–H and O–H groups in total. The van der Waals surface area contributed by atoms with Crippen molar-refractivity contribution in [1.29, 1.82) is 0 Å². The van der Waals surface area contributed by atoms with Gasteiger partial charge in [-0.1, -0.05) is 25.1 Å². The molecule has 1 aromatic rings. The molecule has 0 bridgehead atoms. The van der Waals surface area contributed by atoms with Crippen molar-refractivity contribution in [1.82, 2.24) is 10.5 Å². The normalized spacial score (nSPS) is 12.6. The second kappa shape index (κ2) is 7.23. The van der Waals surface area contributed by atoms with Crippen molar-refractivity contribution in [2.45, 2.75) is 52.1 Å². The smallest absolute Gasteiger partial charge is 0.150 e. The fourth-order valence-electron chi connectivity index (χ4n) is 1.62. The quantitative estimate of drug-likeness (QED) is 0.687. The molecule has 16 heavy (non-hydrogen) atoms. The van der Waals surface area contributed by atoms with Gasteiger partial charge in [-0.2, -0.15) is 0 Å². The monoisotopic (exact) mass is 222 g/mol. The number of allylic oxidation sites excluding steroid dienone is 1. The van der Waals surface area contributed by atoms with Crippen LogP contribution < -0.4 is 5.32 Å². The maximum Gasteiger partial charge on any atom is 0.150 e. The molecule has 1 unspecified atom stereocenters. The zero-order chi connectivity index (χ0) is 11.8. The fourth-order valence-corrected chi connectivity index (χ4v) is 1.62. The van der Waals surface area contributed by atoms with E-state index in [1.165, 1.54) is 0 Å². The Morgan fingerprint density at radius 3 is 2.94 bits per heavy atom. The molecule has 1 aromatic heterocycles. The van der Waals surface area contributed by atoms with Crippen LogP contribution in [0.4, 0.5) is 0 Å².